The summed E-state index contributed by atoms with van der Waals surface area (Å²) in [5, 5.41) is 13.1. The molecule has 4 rings (SSSR count). The van der Waals surface area contributed by atoms with Crippen LogP contribution >= 0.6 is 11.3 Å². The summed E-state index contributed by atoms with van der Waals surface area (Å²) in [5.74, 6) is -0.373. The largest absolute Gasteiger partial charge is 0.347 e. The molecule has 1 aliphatic heterocycles. The highest BCUT2D eigenvalue weighted by Gasteiger charge is 2.26. The van der Waals surface area contributed by atoms with E-state index in [1.165, 1.54) is 12.1 Å². The average Bonchev–Trinajstić information content (AvgIpc) is 3.35. The third kappa shape index (κ3) is 3.60. The van der Waals surface area contributed by atoms with Crippen molar-refractivity contribution in [2.45, 2.75) is 12.8 Å². The molecule has 1 aliphatic rings. The molecule has 0 atom stereocenters. The zero-order valence-corrected chi connectivity index (χ0v) is 14.8. The molecule has 6 nitrogen and oxygen atoms in total. The number of carbonyl (C=O) groups excluding carboxylic acids is 1. The molecule has 0 unspecified atom stereocenters. The number of hydrogen-bond donors (Lipinski definition) is 1. The molecule has 1 fully saturated rings. The molecule has 1 amide bonds. The van der Waals surface area contributed by atoms with Gasteiger partial charge in [-0.3, -0.25) is 9.36 Å². The van der Waals surface area contributed by atoms with Gasteiger partial charge in [0.15, 0.2) is 0 Å². The zero-order chi connectivity index (χ0) is 17.9. The highest BCUT2D eigenvalue weighted by Crippen LogP contribution is 2.28. The van der Waals surface area contributed by atoms with Gasteiger partial charge in [0.05, 0.1) is 0 Å². The summed E-state index contributed by atoms with van der Waals surface area (Å²) in [5.41, 5.74) is 0.624. The second-order valence-electron chi connectivity index (χ2n) is 6.21. The number of hydrogen-bond acceptors (Lipinski definition) is 5. The number of amides is 1. The second kappa shape index (κ2) is 7.25. The third-order valence-electron chi connectivity index (χ3n) is 4.48. The maximum atomic E-state index is 12.9. The summed E-state index contributed by atoms with van der Waals surface area (Å²) in [6.07, 6.45) is 5.39. The quantitative estimate of drug-likeness (QED) is 0.764. The molecule has 2 aromatic heterocycles. The molecule has 0 radical (unpaired) electrons. The predicted octanol–water partition coefficient (Wildman–Crippen LogP) is 3.32. The molecular formula is C18H18FN5OS. The van der Waals surface area contributed by atoms with Gasteiger partial charge in [-0.1, -0.05) is 11.3 Å². The van der Waals surface area contributed by atoms with Crippen molar-refractivity contribution in [1.29, 1.82) is 0 Å². The van der Waals surface area contributed by atoms with E-state index in [-0.39, 0.29) is 17.6 Å². The maximum absolute atomic E-state index is 12.9. The first kappa shape index (κ1) is 16.7. The Labute approximate surface area is 154 Å². The Hall–Kier alpha value is -2.74. The fourth-order valence-electron chi connectivity index (χ4n) is 3.01. The molecule has 1 saturated heterocycles. The number of nitrogens with zero attached hydrogens (tertiary/aromatic N) is 4. The number of nitrogens with one attached hydrogen (secondary N) is 1. The van der Waals surface area contributed by atoms with Crippen molar-refractivity contribution in [3.63, 3.8) is 0 Å². The molecule has 26 heavy (non-hydrogen) atoms. The Morgan fingerprint density at radius 1 is 1.08 bits per heavy atom. The summed E-state index contributed by atoms with van der Waals surface area (Å²) < 4.78 is 14.9. The standard InChI is InChI=1S/C18H18FN5OS/c19-14-3-5-15(6-4-14)20-16(25)13-7-11-24(12-8-13)18-22-21-17(26-18)23-9-1-2-10-23/h1-6,9-10,13H,7-8,11-12H2,(H,20,25). The monoisotopic (exact) mass is 371 g/mol. The van der Waals surface area contributed by atoms with Gasteiger partial charge in [-0.05, 0) is 49.2 Å². The lowest BCUT2D eigenvalue weighted by atomic mass is 9.96. The first-order chi connectivity index (χ1) is 12.7. The number of carbonyl (C=O) groups is 1. The van der Waals surface area contributed by atoms with E-state index in [1.54, 1.807) is 23.5 Å². The molecule has 8 heteroatoms. The minimum atomic E-state index is -0.312. The van der Waals surface area contributed by atoms with Crippen LogP contribution in [0.15, 0.2) is 48.8 Å². The predicted molar refractivity (Wildman–Crippen MR) is 99.2 cm³/mol. The van der Waals surface area contributed by atoms with Gasteiger partial charge >= 0.3 is 0 Å². The van der Waals surface area contributed by atoms with Gasteiger partial charge in [0.1, 0.15) is 5.82 Å². The summed E-state index contributed by atoms with van der Waals surface area (Å²) >= 11 is 1.54. The van der Waals surface area contributed by atoms with E-state index in [0.29, 0.717) is 5.69 Å². The number of benzene rings is 1. The lowest BCUT2D eigenvalue weighted by molar-refractivity contribution is -0.120. The number of piperidine rings is 1. The van der Waals surface area contributed by atoms with E-state index in [0.717, 1.165) is 36.2 Å². The van der Waals surface area contributed by atoms with Crippen molar-refractivity contribution in [3.05, 3.63) is 54.6 Å². The molecule has 0 spiro atoms. The Kier molecular flexibility index (Phi) is 4.66. The van der Waals surface area contributed by atoms with E-state index >= 15 is 0 Å². The molecule has 1 aromatic carbocycles. The second-order valence-corrected chi connectivity index (χ2v) is 7.15. The molecule has 3 aromatic rings. The smallest absolute Gasteiger partial charge is 0.227 e. The Morgan fingerprint density at radius 3 is 2.42 bits per heavy atom. The third-order valence-corrected chi connectivity index (χ3v) is 5.47. The highest BCUT2D eigenvalue weighted by atomic mass is 32.1. The van der Waals surface area contributed by atoms with E-state index in [4.69, 9.17) is 0 Å². The van der Waals surface area contributed by atoms with Gasteiger partial charge in [-0.2, -0.15) is 0 Å². The lowest BCUT2D eigenvalue weighted by Gasteiger charge is -2.30. The first-order valence-corrected chi connectivity index (χ1v) is 9.29. The summed E-state index contributed by atoms with van der Waals surface area (Å²) in [6, 6.07) is 9.74. The molecular weight excluding hydrogens is 353 g/mol. The first-order valence-electron chi connectivity index (χ1n) is 8.47. The van der Waals surface area contributed by atoms with E-state index < -0.39 is 0 Å². The number of aromatic nitrogens is 3. The Morgan fingerprint density at radius 2 is 1.73 bits per heavy atom. The SMILES string of the molecule is O=C(Nc1ccc(F)cc1)C1CCN(c2nnc(-n3cccc3)s2)CC1. The van der Waals surface area contributed by atoms with Crippen LogP contribution in [0.5, 0.6) is 0 Å². The van der Waals surface area contributed by atoms with Gasteiger partial charge in [0.2, 0.25) is 16.2 Å². The van der Waals surface area contributed by atoms with Crippen molar-refractivity contribution < 1.29 is 9.18 Å². The fourth-order valence-corrected chi connectivity index (χ4v) is 3.88. The van der Waals surface area contributed by atoms with E-state index in [9.17, 15) is 9.18 Å². The van der Waals surface area contributed by atoms with Crippen molar-refractivity contribution >= 4 is 28.1 Å². The van der Waals surface area contributed by atoms with Crippen LogP contribution in [0.4, 0.5) is 15.2 Å². The van der Waals surface area contributed by atoms with Crippen LogP contribution in [0, 0.1) is 11.7 Å². The van der Waals surface area contributed by atoms with Gasteiger partial charge in [-0.25, -0.2) is 4.39 Å². The van der Waals surface area contributed by atoms with E-state index in [2.05, 4.69) is 20.4 Å². The Balaban J connectivity index is 1.33. The minimum Gasteiger partial charge on any atom is -0.347 e. The number of halogens is 1. The van der Waals surface area contributed by atoms with Crippen LogP contribution in [0.25, 0.3) is 5.13 Å². The molecule has 1 N–H and O–H groups in total. The maximum Gasteiger partial charge on any atom is 0.227 e. The van der Waals surface area contributed by atoms with Crippen LogP contribution in [0.2, 0.25) is 0 Å². The van der Waals surface area contributed by atoms with Crippen LogP contribution in [0.1, 0.15) is 12.8 Å². The van der Waals surface area contributed by atoms with Crippen molar-refractivity contribution in [1.82, 2.24) is 14.8 Å². The summed E-state index contributed by atoms with van der Waals surface area (Å²) in [6.45, 7) is 1.53. The van der Waals surface area contributed by atoms with Gasteiger partial charge < -0.3 is 10.2 Å². The van der Waals surface area contributed by atoms with Crippen LogP contribution in [0.3, 0.4) is 0 Å². The number of anilines is 2. The van der Waals surface area contributed by atoms with Gasteiger partial charge in [0, 0.05) is 37.1 Å². The average molecular weight is 371 g/mol. The lowest BCUT2D eigenvalue weighted by Crippen LogP contribution is -2.38. The molecule has 0 bridgehead atoms. The fraction of sp³-hybridized carbons (Fsp3) is 0.278. The van der Waals surface area contributed by atoms with Gasteiger partial charge in [-0.15, -0.1) is 10.2 Å². The zero-order valence-electron chi connectivity index (χ0n) is 14.0. The van der Waals surface area contributed by atoms with Crippen molar-refractivity contribution in [2.75, 3.05) is 23.3 Å². The van der Waals surface area contributed by atoms with E-state index in [1.807, 2.05) is 29.1 Å². The van der Waals surface area contributed by atoms with Crippen molar-refractivity contribution in [2.24, 2.45) is 5.92 Å². The van der Waals surface area contributed by atoms with Crippen molar-refractivity contribution in [3.8, 4) is 5.13 Å². The van der Waals surface area contributed by atoms with Gasteiger partial charge in [0.25, 0.3) is 0 Å². The molecule has 0 saturated carbocycles. The topological polar surface area (TPSA) is 63.1 Å². The Bertz CT molecular complexity index is 869. The normalized spacial score (nSPS) is 15.2. The number of rotatable bonds is 4. The summed E-state index contributed by atoms with van der Waals surface area (Å²) in [7, 11) is 0. The van der Waals surface area contributed by atoms with Crippen LogP contribution in [-0.2, 0) is 4.79 Å². The van der Waals surface area contributed by atoms with Crippen LogP contribution < -0.4 is 10.2 Å². The molecule has 3 heterocycles. The highest BCUT2D eigenvalue weighted by molar-refractivity contribution is 7.17. The van der Waals surface area contributed by atoms with Crippen LogP contribution in [-0.4, -0.2) is 33.8 Å². The molecule has 0 aliphatic carbocycles. The molecule has 134 valence electrons. The summed E-state index contributed by atoms with van der Waals surface area (Å²) in [4.78, 5) is 14.6. The minimum absolute atomic E-state index is 0.0125.